The van der Waals surface area contributed by atoms with E-state index in [4.69, 9.17) is 21.1 Å². The quantitative estimate of drug-likeness (QED) is 0.409. The summed E-state index contributed by atoms with van der Waals surface area (Å²) < 4.78 is 11.5. The first-order valence-electron chi connectivity index (χ1n) is 9.39. The molecule has 4 rings (SSSR count). The van der Waals surface area contributed by atoms with Crippen LogP contribution in [0.4, 0.5) is 5.69 Å². The zero-order chi connectivity index (χ0) is 22.0. The monoisotopic (exact) mass is 496 g/mol. The van der Waals surface area contributed by atoms with E-state index in [0.717, 1.165) is 15.6 Å². The Kier molecular flexibility index (Phi) is 6.11. The fourth-order valence-corrected chi connectivity index (χ4v) is 3.85. The fourth-order valence-electron chi connectivity index (χ4n) is 3.27. The molecule has 1 heterocycles. The minimum atomic E-state index is -0.230. The molecule has 0 atom stereocenters. The maximum Gasteiger partial charge on any atom is 0.282 e. The van der Waals surface area contributed by atoms with Crippen LogP contribution < -0.4 is 14.4 Å². The molecule has 0 N–H and O–H groups in total. The van der Waals surface area contributed by atoms with Gasteiger partial charge < -0.3 is 9.47 Å². The number of ether oxygens (including phenoxy) is 2. The number of hydrogen-bond acceptors (Lipinski definition) is 4. The highest BCUT2D eigenvalue weighted by Crippen LogP contribution is 2.34. The van der Waals surface area contributed by atoms with Crippen LogP contribution in [0.25, 0.3) is 6.08 Å². The van der Waals surface area contributed by atoms with Crippen molar-refractivity contribution in [3.63, 3.8) is 0 Å². The Morgan fingerprint density at radius 3 is 2.35 bits per heavy atom. The lowest BCUT2D eigenvalue weighted by Gasteiger charge is -2.20. The van der Waals surface area contributed by atoms with E-state index in [2.05, 4.69) is 20.9 Å². The molecule has 0 bridgehead atoms. The lowest BCUT2D eigenvalue weighted by atomic mass is 10.1. The molecule has 0 fully saturated rings. The summed E-state index contributed by atoms with van der Waals surface area (Å²) in [6.45, 7) is 0. The number of halogens is 2. The van der Waals surface area contributed by atoms with Crippen molar-refractivity contribution in [2.24, 2.45) is 4.99 Å². The van der Waals surface area contributed by atoms with Gasteiger partial charge in [0.25, 0.3) is 5.91 Å². The molecule has 0 saturated heterocycles. The predicted octanol–water partition coefficient (Wildman–Crippen LogP) is 5.95. The number of rotatable bonds is 5. The number of hydrogen-bond donors (Lipinski definition) is 0. The van der Waals surface area contributed by atoms with Crippen LogP contribution in [0.5, 0.6) is 11.5 Å². The van der Waals surface area contributed by atoms with Crippen LogP contribution in [0.15, 0.2) is 81.9 Å². The van der Waals surface area contributed by atoms with Crippen LogP contribution >= 0.6 is 27.5 Å². The average molecular weight is 498 g/mol. The molecular weight excluding hydrogens is 480 g/mol. The molecule has 0 aliphatic carbocycles. The zero-order valence-corrected chi connectivity index (χ0v) is 19.1. The van der Waals surface area contributed by atoms with Crippen LogP contribution in [0, 0.1) is 0 Å². The highest BCUT2D eigenvalue weighted by atomic mass is 79.9. The molecule has 1 aliphatic rings. The van der Waals surface area contributed by atoms with Crippen LogP contribution in [0.1, 0.15) is 11.1 Å². The Morgan fingerprint density at radius 2 is 1.68 bits per heavy atom. The topological polar surface area (TPSA) is 51.1 Å². The first-order chi connectivity index (χ1) is 15.0. The molecule has 7 heteroatoms. The zero-order valence-electron chi connectivity index (χ0n) is 16.8. The van der Waals surface area contributed by atoms with Crippen LogP contribution in [0.2, 0.25) is 5.02 Å². The maximum absolute atomic E-state index is 13.4. The molecule has 5 nitrogen and oxygen atoms in total. The van der Waals surface area contributed by atoms with E-state index in [-0.39, 0.29) is 5.91 Å². The number of nitrogens with zero attached hydrogens (tertiary/aromatic N) is 2. The van der Waals surface area contributed by atoms with E-state index < -0.39 is 0 Å². The smallest absolute Gasteiger partial charge is 0.282 e. The van der Waals surface area contributed by atoms with Gasteiger partial charge in [-0.2, -0.15) is 0 Å². The van der Waals surface area contributed by atoms with Gasteiger partial charge in [0.15, 0.2) is 11.5 Å². The van der Waals surface area contributed by atoms with E-state index in [0.29, 0.717) is 33.7 Å². The van der Waals surface area contributed by atoms with E-state index in [1.807, 2.05) is 42.5 Å². The normalized spacial score (nSPS) is 14.7. The lowest BCUT2D eigenvalue weighted by Crippen LogP contribution is -2.32. The molecular formula is C24H18BrClN2O3. The van der Waals surface area contributed by atoms with Crippen LogP contribution in [0.3, 0.4) is 0 Å². The molecule has 0 aromatic heterocycles. The number of amides is 1. The van der Waals surface area contributed by atoms with Crippen molar-refractivity contribution < 1.29 is 14.3 Å². The molecule has 0 radical (unpaired) electrons. The predicted molar refractivity (Wildman–Crippen MR) is 127 cm³/mol. The Bertz CT molecular complexity index is 1210. The van der Waals surface area contributed by atoms with Gasteiger partial charge >= 0.3 is 0 Å². The lowest BCUT2D eigenvalue weighted by molar-refractivity contribution is -0.113. The molecule has 0 saturated carbocycles. The first-order valence-corrected chi connectivity index (χ1v) is 10.6. The second kappa shape index (κ2) is 8.96. The number of para-hydroxylation sites is 1. The summed E-state index contributed by atoms with van der Waals surface area (Å²) in [5.41, 5.74) is 2.57. The summed E-state index contributed by atoms with van der Waals surface area (Å²) >= 11 is 9.60. The number of anilines is 1. The average Bonchev–Trinajstić information content (AvgIpc) is 3.10. The van der Waals surface area contributed by atoms with Crippen LogP contribution in [-0.2, 0) is 4.79 Å². The SMILES string of the molecule is COc1ccc(/C=C2\N=C(c3ccc(Cl)cc3)N(c3ccccc3Br)C2=O)cc1OC. The second-order valence-corrected chi connectivity index (χ2v) is 7.97. The summed E-state index contributed by atoms with van der Waals surface area (Å²) in [7, 11) is 3.15. The van der Waals surface area contributed by atoms with Gasteiger partial charge in [-0.05, 0) is 76.1 Å². The van der Waals surface area contributed by atoms with E-state index in [9.17, 15) is 4.79 Å². The van der Waals surface area contributed by atoms with Crippen molar-refractivity contribution in [1.29, 1.82) is 0 Å². The third-order valence-corrected chi connectivity index (χ3v) is 5.69. The van der Waals surface area contributed by atoms with Crippen molar-refractivity contribution >= 4 is 51.0 Å². The Balaban J connectivity index is 1.82. The van der Waals surface area contributed by atoms with Gasteiger partial charge in [-0.25, -0.2) is 4.99 Å². The van der Waals surface area contributed by atoms with Gasteiger partial charge in [0.1, 0.15) is 11.5 Å². The molecule has 0 spiro atoms. The molecule has 1 aliphatic heterocycles. The van der Waals surface area contributed by atoms with E-state index in [1.54, 1.807) is 49.5 Å². The molecule has 156 valence electrons. The first kappa shape index (κ1) is 21.2. The molecule has 1 amide bonds. The fraction of sp³-hybridized carbons (Fsp3) is 0.0833. The van der Waals surface area contributed by atoms with Crippen LogP contribution in [-0.4, -0.2) is 26.0 Å². The minimum Gasteiger partial charge on any atom is -0.493 e. The third kappa shape index (κ3) is 4.22. The number of aliphatic imine (C=N–C) groups is 1. The Labute approximate surface area is 193 Å². The Hall–Kier alpha value is -3.09. The standard InChI is InChI=1S/C24H18BrClN2O3/c1-30-21-12-7-15(14-22(21)31-2)13-19-24(29)28(20-6-4-3-5-18(20)25)23(27-19)16-8-10-17(26)11-9-16/h3-14H,1-2H3/b19-13-. The molecule has 31 heavy (non-hydrogen) atoms. The molecule has 3 aromatic rings. The van der Waals surface area contributed by atoms with Crippen molar-refractivity contribution in [3.05, 3.63) is 93.0 Å². The number of amidine groups is 1. The van der Waals surface area contributed by atoms with Crippen molar-refractivity contribution in [1.82, 2.24) is 0 Å². The summed E-state index contributed by atoms with van der Waals surface area (Å²) in [4.78, 5) is 19.7. The van der Waals surface area contributed by atoms with Gasteiger partial charge in [-0.3, -0.25) is 9.69 Å². The second-order valence-electron chi connectivity index (χ2n) is 6.68. The molecule has 3 aromatic carbocycles. The van der Waals surface area contributed by atoms with Gasteiger partial charge in [-0.15, -0.1) is 0 Å². The highest BCUT2D eigenvalue weighted by Gasteiger charge is 2.33. The van der Waals surface area contributed by atoms with Gasteiger partial charge in [-0.1, -0.05) is 29.8 Å². The number of carbonyl (C=O) groups is 1. The highest BCUT2D eigenvalue weighted by molar-refractivity contribution is 9.10. The van der Waals surface area contributed by atoms with E-state index >= 15 is 0 Å². The van der Waals surface area contributed by atoms with Crippen molar-refractivity contribution in [2.45, 2.75) is 0 Å². The number of benzene rings is 3. The summed E-state index contributed by atoms with van der Waals surface area (Å²) in [6.07, 6.45) is 1.73. The summed E-state index contributed by atoms with van der Waals surface area (Å²) in [6, 6.07) is 20.2. The Morgan fingerprint density at radius 1 is 0.968 bits per heavy atom. The van der Waals surface area contributed by atoms with Crippen molar-refractivity contribution in [2.75, 3.05) is 19.1 Å². The number of carbonyl (C=O) groups excluding carboxylic acids is 1. The van der Waals surface area contributed by atoms with E-state index in [1.165, 1.54) is 0 Å². The summed E-state index contributed by atoms with van der Waals surface area (Å²) in [5, 5.41) is 0.613. The van der Waals surface area contributed by atoms with Gasteiger partial charge in [0.2, 0.25) is 0 Å². The maximum atomic E-state index is 13.4. The molecule has 0 unspecified atom stereocenters. The minimum absolute atomic E-state index is 0.230. The van der Waals surface area contributed by atoms with Crippen molar-refractivity contribution in [3.8, 4) is 11.5 Å². The number of methoxy groups -OCH3 is 2. The van der Waals surface area contributed by atoms with Gasteiger partial charge in [0.05, 0.1) is 19.9 Å². The van der Waals surface area contributed by atoms with Gasteiger partial charge in [0, 0.05) is 15.1 Å². The largest absolute Gasteiger partial charge is 0.493 e. The third-order valence-electron chi connectivity index (χ3n) is 4.77. The summed E-state index contributed by atoms with van der Waals surface area (Å²) in [5.74, 6) is 1.49.